The fourth-order valence-corrected chi connectivity index (χ4v) is 6.43. The van der Waals surface area contributed by atoms with Gasteiger partial charge in [-0.2, -0.15) is 0 Å². The molecule has 3 aromatic rings. The van der Waals surface area contributed by atoms with Gasteiger partial charge in [-0.1, -0.05) is 23.5 Å². The van der Waals surface area contributed by atoms with E-state index in [-0.39, 0.29) is 17.9 Å². The van der Waals surface area contributed by atoms with Crippen molar-refractivity contribution in [3.63, 3.8) is 0 Å². The molecule has 1 fully saturated rings. The van der Waals surface area contributed by atoms with Crippen LogP contribution in [-0.4, -0.2) is 49.3 Å². The van der Waals surface area contributed by atoms with E-state index in [0.29, 0.717) is 26.2 Å². The lowest BCUT2D eigenvalue weighted by Gasteiger charge is -2.30. The number of rotatable bonds is 7. The summed E-state index contributed by atoms with van der Waals surface area (Å²) < 4.78 is 7.31. The monoisotopic (exact) mass is 575 g/mol. The molecule has 0 bridgehead atoms. The number of benzene rings is 2. The minimum Gasteiger partial charge on any atom is -0.463 e. The summed E-state index contributed by atoms with van der Waals surface area (Å²) in [6.07, 6.45) is 4.95. The van der Waals surface area contributed by atoms with Crippen molar-refractivity contribution in [2.45, 2.75) is 39.2 Å². The third-order valence-electron chi connectivity index (χ3n) is 7.45. The Morgan fingerprint density at radius 2 is 1.88 bits per heavy atom. The highest BCUT2D eigenvalue weighted by atomic mass is 32.1. The molecule has 0 unspecified atom stereocenters. The molecule has 2 aliphatic heterocycles. The smallest absolute Gasteiger partial charge is 0.338 e. The Balaban J connectivity index is 1.70. The third-order valence-corrected chi connectivity index (χ3v) is 8.43. The molecular weight excluding hydrogens is 542 g/mol. The average Bonchev–Trinajstić information content (AvgIpc) is 3.26. The van der Waals surface area contributed by atoms with Crippen molar-refractivity contribution < 1.29 is 14.5 Å². The summed E-state index contributed by atoms with van der Waals surface area (Å²) >= 11 is 1.21. The first-order chi connectivity index (χ1) is 19.7. The fraction of sp³-hybridized carbons (Fsp3) is 0.367. The van der Waals surface area contributed by atoms with E-state index in [4.69, 9.17) is 4.74 Å². The number of hydrogen-bond acceptors (Lipinski definition) is 9. The highest BCUT2D eigenvalue weighted by Crippen LogP contribution is 2.32. The second-order valence-corrected chi connectivity index (χ2v) is 11.3. The van der Waals surface area contributed by atoms with Crippen molar-refractivity contribution in [1.29, 1.82) is 0 Å². The zero-order valence-electron chi connectivity index (χ0n) is 23.6. The van der Waals surface area contributed by atoms with Crippen LogP contribution in [0.5, 0.6) is 0 Å². The first-order valence-electron chi connectivity index (χ1n) is 13.7. The minimum absolute atomic E-state index is 0.0379. The molecule has 2 aromatic carbocycles. The van der Waals surface area contributed by atoms with Crippen LogP contribution in [0.25, 0.3) is 6.08 Å². The summed E-state index contributed by atoms with van der Waals surface area (Å²) in [4.78, 5) is 47.7. The van der Waals surface area contributed by atoms with Gasteiger partial charge in [0.15, 0.2) is 4.80 Å². The molecule has 0 saturated carbocycles. The number of hydrogen-bond donors (Lipinski definition) is 0. The molecule has 2 aliphatic rings. The molecule has 10 nitrogen and oxygen atoms in total. The predicted molar refractivity (Wildman–Crippen MR) is 160 cm³/mol. The Hall–Kier alpha value is -4.25. The van der Waals surface area contributed by atoms with Crippen LogP contribution in [0.3, 0.4) is 0 Å². The highest BCUT2D eigenvalue weighted by Gasteiger charge is 2.33. The van der Waals surface area contributed by atoms with Crippen LogP contribution >= 0.6 is 11.3 Å². The number of allylic oxidation sites excluding steroid dienone is 1. The van der Waals surface area contributed by atoms with Crippen LogP contribution in [0.4, 0.5) is 17.1 Å². The Kier molecular flexibility index (Phi) is 8.07. The number of anilines is 2. The van der Waals surface area contributed by atoms with Crippen LogP contribution in [0.15, 0.2) is 63.5 Å². The van der Waals surface area contributed by atoms with Crippen LogP contribution in [0.2, 0.25) is 0 Å². The molecular formula is C30H33N5O5S. The van der Waals surface area contributed by atoms with Gasteiger partial charge in [-0.25, -0.2) is 9.79 Å². The van der Waals surface area contributed by atoms with Crippen molar-refractivity contribution in [1.82, 2.24) is 4.57 Å². The van der Waals surface area contributed by atoms with Gasteiger partial charge >= 0.3 is 5.97 Å². The Bertz CT molecular complexity index is 1700. The molecule has 5 rings (SSSR count). The molecule has 0 N–H and O–H groups in total. The average molecular weight is 576 g/mol. The number of esters is 1. The molecule has 1 atom stereocenters. The summed E-state index contributed by atoms with van der Waals surface area (Å²) in [6.45, 7) is 5.39. The molecule has 1 aromatic heterocycles. The molecule has 11 heteroatoms. The van der Waals surface area contributed by atoms with E-state index in [1.165, 1.54) is 23.5 Å². The molecule has 3 heterocycles. The molecule has 0 spiro atoms. The molecule has 1 saturated heterocycles. The van der Waals surface area contributed by atoms with E-state index in [1.807, 2.05) is 43.3 Å². The van der Waals surface area contributed by atoms with Crippen molar-refractivity contribution in [3.05, 3.63) is 94.7 Å². The second kappa shape index (κ2) is 11.7. The third kappa shape index (κ3) is 5.54. The summed E-state index contributed by atoms with van der Waals surface area (Å²) in [5.41, 5.74) is 3.65. The predicted octanol–water partition coefficient (Wildman–Crippen LogP) is 3.76. The first kappa shape index (κ1) is 28.3. The van der Waals surface area contributed by atoms with E-state index in [0.717, 1.165) is 49.3 Å². The molecule has 0 amide bonds. The van der Waals surface area contributed by atoms with Gasteiger partial charge < -0.3 is 14.5 Å². The van der Waals surface area contributed by atoms with Gasteiger partial charge in [0.1, 0.15) is 0 Å². The molecule has 41 heavy (non-hydrogen) atoms. The first-order valence-corrected chi connectivity index (χ1v) is 14.5. The number of nitrogens with zero attached hydrogens (tertiary/aromatic N) is 5. The maximum atomic E-state index is 14.1. The van der Waals surface area contributed by atoms with E-state index in [9.17, 15) is 19.7 Å². The normalized spacial score (nSPS) is 17.2. The quantitative estimate of drug-likeness (QED) is 0.240. The van der Waals surface area contributed by atoms with E-state index in [1.54, 1.807) is 30.6 Å². The van der Waals surface area contributed by atoms with Crippen molar-refractivity contribution in [2.75, 3.05) is 43.6 Å². The number of nitro benzene ring substituents is 1. The number of fused-ring (bicyclic) bond motifs is 1. The van der Waals surface area contributed by atoms with Crippen molar-refractivity contribution in [3.8, 4) is 0 Å². The lowest BCUT2D eigenvalue weighted by molar-refractivity contribution is -0.384. The van der Waals surface area contributed by atoms with Gasteiger partial charge in [0, 0.05) is 56.3 Å². The standard InChI is InChI=1S/C30H33N5O5S/c1-5-40-29(37)26-19(2)31-30-34(27(26)20-9-11-22(12-10-20)32(3)4)28(36)25(41-30)18-21-17-23(35(38)39)13-14-24(21)33-15-7-6-8-16-33/h9-14,17-18,27H,5-8,15-16H2,1-4H3/t27-/m0/s1. The molecule has 0 radical (unpaired) electrons. The van der Waals surface area contributed by atoms with Gasteiger partial charge in [-0.15, -0.1) is 0 Å². The van der Waals surface area contributed by atoms with Gasteiger partial charge in [0.25, 0.3) is 11.2 Å². The maximum Gasteiger partial charge on any atom is 0.338 e. The zero-order valence-corrected chi connectivity index (χ0v) is 24.4. The summed E-state index contributed by atoms with van der Waals surface area (Å²) in [5, 5.41) is 11.6. The molecule has 214 valence electrons. The zero-order chi connectivity index (χ0) is 29.3. The number of non-ortho nitro benzene ring substituents is 1. The maximum absolute atomic E-state index is 14.1. The number of nitro groups is 1. The van der Waals surface area contributed by atoms with E-state index in [2.05, 4.69) is 9.89 Å². The lowest BCUT2D eigenvalue weighted by atomic mass is 9.95. The van der Waals surface area contributed by atoms with Crippen LogP contribution in [0, 0.1) is 10.1 Å². The van der Waals surface area contributed by atoms with Crippen molar-refractivity contribution >= 4 is 40.4 Å². The van der Waals surface area contributed by atoms with Gasteiger partial charge in [-0.3, -0.25) is 19.5 Å². The number of carbonyl (C=O) groups excluding carboxylic acids is 1. The fourth-order valence-electron chi connectivity index (χ4n) is 5.40. The lowest BCUT2D eigenvalue weighted by Crippen LogP contribution is -2.40. The Morgan fingerprint density at radius 1 is 1.17 bits per heavy atom. The number of piperidine rings is 1. The number of aromatic nitrogens is 1. The Morgan fingerprint density at radius 3 is 2.51 bits per heavy atom. The topological polar surface area (TPSA) is 110 Å². The van der Waals surface area contributed by atoms with Gasteiger partial charge in [-0.05, 0) is 62.9 Å². The summed E-state index contributed by atoms with van der Waals surface area (Å²) in [5.74, 6) is -0.518. The second-order valence-electron chi connectivity index (χ2n) is 10.3. The van der Waals surface area contributed by atoms with E-state index < -0.39 is 16.9 Å². The van der Waals surface area contributed by atoms with Gasteiger partial charge in [0.2, 0.25) is 0 Å². The highest BCUT2D eigenvalue weighted by molar-refractivity contribution is 7.07. The number of ether oxygens (including phenoxy) is 1. The van der Waals surface area contributed by atoms with Crippen LogP contribution < -0.4 is 24.7 Å². The van der Waals surface area contributed by atoms with Crippen LogP contribution in [-0.2, 0) is 9.53 Å². The largest absolute Gasteiger partial charge is 0.463 e. The SMILES string of the molecule is CCOC(=O)C1=C(C)N=c2sc(=Cc3cc([N+](=O)[O-])ccc3N3CCCCC3)c(=O)n2[C@H]1c1ccc(N(C)C)cc1. The summed E-state index contributed by atoms with van der Waals surface area (Å²) in [7, 11) is 3.89. The van der Waals surface area contributed by atoms with Gasteiger partial charge in [0.05, 0.1) is 33.4 Å². The molecule has 0 aliphatic carbocycles. The number of carbonyl (C=O) groups is 1. The number of thiazole rings is 1. The van der Waals surface area contributed by atoms with Crippen molar-refractivity contribution in [2.24, 2.45) is 4.99 Å². The van der Waals surface area contributed by atoms with Crippen LogP contribution in [0.1, 0.15) is 50.3 Å². The summed E-state index contributed by atoms with van der Waals surface area (Å²) in [6, 6.07) is 11.8. The Labute approximate surface area is 241 Å². The van der Waals surface area contributed by atoms with E-state index >= 15 is 0 Å². The minimum atomic E-state index is -0.727.